The van der Waals surface area contributed by atoms with Gasteiger partial charge in [0.15, 0.2) is 9.84 Å². The van der Waals surface area contributed by atoms with Gasteiger partial charge in [0.1, 0.15) is 0 Å². The van der Waals surface area contributed by atoms with Crippen LogP contribution in [0.4, 0.5) is 0 Å². The smallest absolute Gasteiger partial charge is 0.178 e. The maximum atomic E-state index is 11.4. The monoisotopic (exact) mass is 182 g/mol. The van der Waals surface area contributed by atoms with Crippen molar-refractivity contribution in [2.45, 2.75) is 18.2 Å². The van der Waals surface area contributed by atoms with Crippen LogP contribution in [0.15, 0.2) is 23.1 Å². The summed E-state index contributed by atoms with van der Waals surface area (Å²) in [6, 6.07) is 5.63. The Hall–Kier alpha value is -0.830. The maximum absolute atomic E-state index is 11.4. The molecule has 0 N–H and O–H groups in total. The van der Waals surface area contributed by atoms with Crippen LogP contribution in [-0.4, -0.2) is 14.2 Å². The fourth-order valence-corrected chi connectivity index (χ4v) is 3.16. The molecule has 2 nitrogen and oxygen atoms in total. The van der Waals surface area contributed by atoms with Gasteiger partial charge in [-0.1, -0.05) is 12.1 Å². The van der Waals surface area contributed by atoms with Crippen LogP contribution in [0.5, 0.6) is 0 Å². The fourth-order valence-electron chi connectivity index (χ4n) is 1.51. The van der Waals surface area contributed by atoms with E-state index in [0.29, 0.717) is 11.3 Å². The number of hydrogen-bond donors (Lipinski definition) is 0. The minimum atomic E-state index is -2.93. The van der Waals surface area contributed by atoms with Gasteiger partial charge in [-0.05, 0) is 30.5 Å². The molecule has 12 heavy (non-hydrogen) atoms. The molecule has 0 radical (unpaired) electrons. The lowest BCUT2D eigenvalue weighted by atomic mass is 10.1. The van der Waals surface area contributed by atoms with Crippen molar-refractivity contribution in [2.75, 3.05) is 5.75 Å². The van der Waals surface area contributed by atoms with Crippen LogP contribution >= 0.6 is 0 Å². The molecule has 0 spiro atoms. The second kappa shape index (κ2) is 2.33. The zero-order valence-corrected chi connectivity index (χ0v) is 7.69. The van der Waals surface area contributed by atoms with E-state index in [-0.39, 0.29) is 5.75 Å². The quantitative estimate of drug-likeness (QED) is 0.606. The van der Waals surface area contributed by atoms with Gasteiger partial charge >= 0.3 is 0 Å². The zero-order chi connectivity index (χ0) is 8.77. The van der Waals surface area contributed by atoms with Gasteiger partial charge in [-0.3, -0.25) is 0 Å². The lowest BCUT2D eigenvalue weighted by Crippen LogP contribution is -1.98. The van der Waals surface area contributed by atoms with Gasteiger partial charge in [-0.15, -0.1) is 0 Å². The first-order valence-electron chi connectivity index (χ1n) is 3.92. The molecule has 0 aliphatic carbocycles. The number of fused-ring (bicyclic) bond motifs is 1. The second-order valence-electron chi connectivity index (χ2n) is 3.18. The summed E-state index contributed by atoms with van der Waals surface area (Å²) >= 11 is 0. The molecule has 0 aromatic heterocycles. The Labute approximate surface area is 72.1 Å². The number of benzene rings is 1. The average molecular weight is 182 g/mol. The Balaban J connectivity index is 2.73. The van der Waals surface area contributed by atoms with Crippen molar-refractivity contribution in [3.8, 4) is 0 Å². The molecular formula is C9H10O2S. The van der Waals surface area contributed by atoms with Crippen LogP contribution in [-0.2, 0) is 16.3 Å². The van der Waals surface area contributed by atoms with E-state index in [1.54, 1.807) is 6.07 Å². The van der Waals surface area contributed by atoms with Crippen molar-refractivity contribution in [1.29, 1.82) is 0 Å². The first-order chi connectivity index (χ1) is 5.59. The molecule has 64 valence electrons. The number of sulfone groups is 1. The summed E-state index contributed by atoms with van der Waals surface area (Å²) in [4.78, 5) is 0.544. The van der Waals surface area contributed by atoms with Crippen LogP contribution in [0.1, 0.15) is 11.1 Å². The summed E-state index contributed by atoms with van der Waals surface area (Å²) in [6.07, 6.45) is 0.679. The van der Waals surface area contributed by atoms with Crippen LogP contribution in [0.2, 0.25) is 0 Å². The average Bonchev–Trinajstić information content (AvgIpc) is 2.28. The predicted octanol–water partition coefficient (Wildman–Crippen LogP) is 1.32. The zero-order valence-electron chi connectivity index (χ0n) is 6.87. The third-order valence-corrected chi connectivity index (χ3v) is 3.99. The largest absolute Gasteiger partial charge is 0.224 e. The third-order valence-electron chi connectivity index (χ3n) is 2.20. The summed E-state index contributed by atoms with van der Waals surface area (Å²) in [5, 5.41) is 0. The van der Waals surface area contributed by atoms with E-state index < -0.39 is 9.84 Å². The molecule has 1 aliphatic heterocycles. The number of aryl methyl sites for hydroxylation is 2. The Morgan fingerprint density at radius 1 is 1.33 bits per heavy atom. The van der Waals surface area contributed by atoms with Crippen molar-refractivity contribution in [1.82, 2.24) is 0 Å². The highest BCUT2D eigenvalue weighted by molar-refractivity contribution is 7.91. The van der Waals surface area contributed by atoms with Crippen molar-refractivity contribution in [3.05, 3.63) is 29.3 Å². The van der Waals surface area contributed by atoms with Crippen molar-refractivity contribution in [2.24, 2.45) is 0 Å². The summed E-state index contributed by atoms with van der Waals surface area (Å²) in [5.74, 6) is 0.284. The van der Waals surface area contributed by atoms with Crippen molar-refractivity contribution in [3.63, 3.8) is 0 Å². The van der Waals surface area contributed by atoms with Crippen LogP contribution in [0, 0.1) is 6.92 Å². The highest BCUT2D eigenvalue weighted by Crippen LogP contribution is 2.26. The van der Waals surface area contributed by atoms with Crippen LogP contribution < -0.4 is 0 Å². The summed E-state index contributed by atoms with van der Waals surface area (Å²) in [5.41, 5.74) is 1.99. The van der Waals surface area contributed by atoms with Crippen molar-refractivity contribution >= 4 is 9.84 Å². The minimum absolute atomic E-state index is 0.284. The van der Waals surface area contributed by atoms with Gasteiger partial charge < -0.3 is 0 Å². The summed E-state index contributed by atoms with van der Waals surface area (Å²) < 4.78 is 22.8. The Bertz CT molecular complexity index is 418. The second-order valence-corrected chi connectivity index (χ2v) is 5.26. The Kier molecular flexibility index (Phi) is 1.51. The molecule has 1 aliphatic rings. The molecule has 0 amide bonds. The van der Waals surface area contributed by atoms with Crippen LogP contribution in [0.25, 0.3) is 0 Å². The topological polar surface area (TPSA) is 34.1 Å². The minimum Gasteiger partial charge on any atom is -0.224 e. The van der Waals surface area contributed by atoms with E-state index in [1.165, 1.54) is 0 Å². The molecule has 0 fully saturated rings. The van der Waals surface area contributed by atoms with Gasteiger partial charge in [0.05, 0.1) is 10.6 Å². The molecule has 0 saturated carbocycles. The van der Waals surface area contributed by atoms with E-state index in [9.17, 15) is 8.42 Å². The predicted molar refractivity (Wildman–Crippen MR) is 46.9 cm³/mol. The Morgan fingerprint density at radius 3 is 2.83 bits per heavy atom. The Morgan fingerprint density at radius 2 is 2.08 bits per heavy atom. The maximum Gasteiger partial charge on any atom is 0.178 e. The third kappa shape index (κ3) is 1.05. The molecular weight excluding hydrogens is 172 g/mol. The summed E-state index contributed by atoms with van der Waals surface area (Å²) in [6.45, 7) is 1.91. The molecule has 0 atom stereocenters. The highest BCUT2D eigenvalue weighted by Gasteiger charge is 2.25. The first-order valence-corrected chi connectivity index (χ1v) is 5.57. The van der Waals surface area contributed by atoms with E-state index >= 15 is 0 Å². The highest BCUT2D eigenvalue weighted by atomic mass is 32.2. The van der Waals surface area contributed by atoms with Crippen LogP contribution in [0.3, 0.4) is 0 Å². The molecule has 1 aromatic carbocycles. The van der Waals surface area contributed by atoms with E-state index in [2.05, 4.69) is 0 Å². The lowest BCUT2D eigenvalue weighted by molar-refractivity contribution is 0.600. The molecule has 0 bridgehead atoms. The van der Waals surface area contributed by atoms with Gasteiger partial charge in [0, 0.05) is 0 Å². The normalized spacial score (nSPS) is 19.1. The van der Waals surface area contributed by atoms with E-state index in [0.717, 1.165) is 11.1 Å². The number of hydrogen-bond acceptors (Lipinski definition) is 2. The molecule has 1 aromatic rings. The fraction of sp³-hybridized carbons (Fsp3) is 0.333. The van der Waals surface area contributed by atoms with Gasteiger partial charge in [-0.2, -0.15) is 0 Å². The number of rotatable bonds is 0. The van der Waals surface area contributed by atoms with E-state index in [1.807, 2.05) is 19.1 Å². The summed E-state index contributed by atoms with van der Waals surface area (Å²) in [7, 11) is -2.93. The standard InChI is InChI=1S/C9H10O2S/c1-7-2-3-8-4-5-12(10,11)9(8)6-7/h2-3,6H,4-5H2,1H3. The molecule has 0 unspecified atom stereocenters. The SMILES string of the molecule is Cc1ccc2c(c1)S(=O)(=O)CC2. The molecule has 0 saturated heterocycles. The van der Waals surface area contributed by atoms with Gasteiger partial charge in [0.2, 0.25) is 0 Å². The molecule has 3 heteroatoms. The van der Waals surface area contributed by atoms with Gasteiger partial charge in [-0.25, -0.2) is 8.42 Å². The molecule has 1 heterocycles. The van der Waals surface area contributed by atoms with Crippen molar-refractivity contribution < 1.29 is 8.42 Å². The van der Waals surface area contributed by atoms with E-state index in [4.69, 9.17) is 0 Å². The lowest BCUT2D eigenvalue weighted by Gasteiger charge is -1.98. The first kappa shape index (κ1) is 7.80. The van der Waals surface area contributed by atoms with Gasteiger partial charge in [0.25, 0.3) is 0 Å². The molecule has 2 rings (SSSR count).